The summed E-state index contributed by atoms with van der Waals surface area (Å²) in [6.07, 6.45) is 8.33. The maximum atomic E-state index is 12.1. The van der Waals surface area contributed by atoms with E-state index in [0.29, 0.717) is 23.9 Å². The van der Waals surface area contributed by atoms with Crippen molar-refractivity contribution in [1.82, 2.24) is 19.4 Å². The van der Waals surface area contributed by atoms with Crippen LogP contribution in [-0.4, -0.2) is 58.0 Å². The molecule has 1 atom stereocenters. The minimum Gasteiger partial charge on any atom is -0.341 e. The van der Waals surface area contributed by atoms with Gasteiger partial charge in [-0.1, -0.05) is 0 Å². The van der Waals surface area contributed by atoms with Crippen molar-refractivity contribution in [2.45, 2.75) is 51.6 Å². The minimum atomic E-state index is 0.0785. The Bertz CT molecular complexity index is 634. The molecule has 0 N–H and O–H groups in total. The first-order chi connectivity index (χ1) is 11.5. The Morgan fingerprint density at radius 2 is 1.92 bits per heavy atom. The highest BCUT2D eigenvalue weighted by Crippen LogP contribution is 2.22. The van der Waals surface area contributed by atoms with E-state index in [2.05, 4.69) is 9.88 Å². The van der Waals surface area contributed by atoms with Crippen LogP contribution in [0.1, 0.15) is 37.7 Å². The van der Waals surface area contributed by atoms with Gasteiger partial charge in [0.2, 0.25) is 5.91 Å². The van der Waals surface area contributed by atoms with Crippen LogP contribution in [0.3, 0.4) is 0 Å². The zero-order valence-electron chi connectivity index (χ0n) is 14.8. The lowest BCUT2D eigenvalue weighted by Gasteiger charge is -2.39. The van der Waals surface area contributed by atoms with Gasteiger partial charge in [0.25, 0.3) is 5.56 Å². The number of piperidine rings is 2. The van der Waals surface area contributed by atoms with Crippen molar-refractivity contribution in [2.75, 3.05) is 26.7 Å². The Morgan fingerprint density at radius 1 is 1.17 bits per heavy atom. The highest BCUT2D eigenvalue weighted by molar-refractivity contribution is 5.76. The molecule has 0 aromatic carbocycles. The lowest BCUT2D eigenvalue weighted by Crippen LogP contribution is -2.49. The summed E-state index contributed by atoms with van der Waals surface area (Å²) in [5.74, 6) is 0.820. The van der Waals surface area contributed by atoms with E-state index in [1.165, 1.54) is 0 Å². The zero-order chi connectivity index (χ0) is 17.1. The molecule has 0 radical (unpaired) electrons. The first kappa shape index (κ1) is 17.1. The highest BCUT2D eigenvalue weighted by Gasteiger charge is 2.28. The zero-order valence-corrected chi connectivity index (χ0v) is 14.8. The van der Waals surface area contributed by atoms with Crippen molar-refractivity contribution in [1.29, 1.82) is 0 Å². The van der Waals surface area contributed by atoms with E-state index in [-0.39, 0.29) is 11.5 Å². The molecule has 2 aliphatic heterocycles. The first-order valence-electron chi connectivity index (χ1n) is 9.03. The van der Waals surface area contributed by atoms with Crippen LogP contribution in [0.15, 0.2) is 17.3 Å². The maximum Gasteiger partial charge on any atom is 0.256 e. The van der Waals surface area contributed by atoms with Gasteiger partial charge in [-0.15, -0.1) is 0 Å². The van der Waals surface area contributed by atoms with Crippen molar-refractivity contribution < 1.29 is 4.79 Å². The molecule has 0 spiro atoms. The van der Waals surface area contributed by atoms with Gasteiger partial charge in [0, 0.05) is 44.4 Å². The topological polar surface area (TPSA) is 58.4 Å². The number of hydrogen-bond donors (Lipinski definition) is 0. The number of rotatable bonds is 4. The lowest BCUT2D eigenvalue weighted by molar-refractivity contribution is -0.135. The summed E-state index contributed by atoms with van der Waals surface area (Å²) < 4.78 is 1.75. The van der Waals surface area contributed by atoms with Gasteiger partial charge >= 0.3 is 0 Å². The number of carbonyl (C=O) groups is 1. The van der Waals surface area contributed by atoms with E-state index in [0.717, 1.165) is 51.9 Å². The fourth-order valence-corrected chi connectivity index (χ4v) is 3.89. The van der Waals surface area contributed by atoms with Crippen LogP contribution >= 0.6 is 0 Å². The van der Waals surface area contributed by atoms with Crippen LogP contribution in [0.5, 0.6) is 0 Å². The number of aromatic nitrogens is 2. The van der Waals surface area contributed by atoms with Crippen LogP contribution in [0.25, 0.3) is 0 Å². The molecule has 2 aliphatic rings. The molecule has 3 heterocycles. The van der Waals surface area contributed by atoms with Gasteiger partial charge < -0.3 is 9.80 Å². The summed E-state index contributed by atoms with van der Waals surface area (Å²) >= 11 is 0. The average molecular weight is 332 g/mol. The van der Waals surface area contributed by atoms with E-state index in [9.17, 15) is 9.59 Å². The van der Waals surface area contributed by atoms with Gasteiger partial charge in [-0.2, -0.15) is 0 Å². The van der Waals surface area contributed by atoms with Gasteiger partial charge in [0.05, 0.1) is 6.33 Å². The number of hydrogen-bond acceptors (Lipinski definition) is 4. The fraction of sp³-hybridized carbons (Fsp3) is 0.722. The van der Waals surface area contributed by atoms with Crippen molar-refractivity contribution in [3.63, 3.8) is 0 Å². The molecule has 1 amide bonds. The van der Waals surface area contributed by atoms with Gasteiger partial charge in [0.15, 0.2) is 0 Å². The van der Waals surface area contributed by atoms with Crippen LogP contribution in [0.4, 0.5) is 0 Å². The summed E-state index contributed by atoms with van der Waals surface area (Å²) in [5, 5.41) is 0. The summed E-state index contributed by atoms with van der Waals surface area (Å²) in [6, 6.07) is 0.367. The largest absolute Gasteiger partial charge is 0.341 e. The molecule has 6 nitrogen and oxygen atoms in total. The van der Waals surface area contributed by atoms with E-state index in [1.807, 2.05) is 18.9 Å². The molecule has 2 saturated heterocycles. The standard InChI is InChI=1S/C18H28N4O2/c1-14-10-19-13-22(18(14)24)11-15-6-8-21(9-7-15)12-16-4-3-5-17(23)20(16)2/h10,13,15-16H,3-9,11-12H2,1-2H3. The number of likely N-dealkylation sites (N-methyl/N-ethyl adjacent to an activating group) is 1. The predicted octanol–water partition coefficient (Wildman–Crippen LogP) is 1.27. The molecule has 0 saturated carbocycles. The van der Waals surface area contributed by atoms with Crippen LogP contribution in [-0.2, 0) is 11.3 Å². The van der Waals surface area contributed by atoms with Crippen LogP contribution in [0, 0.1) is 12.8 Å². The average Bonchev–Trinajstić information content (AvgIpc) is 2.58. The second kappa shape index (κ2) is 7.47. The monoisotopic (exact) mass is 332 g/mol. The fourth-order valence-electron chi connectivity index (χ4n) is 3.89. The second-order valence-electron chi connectivity index (χ2n) is 7.33. The highest BCUT2D eigenvalue weighted by atomic mass is 16.2. The van der Waals surface area contributed by atoms with E-state index < -0.39 is 0 Å². The summed E-state index contributed by atoms with van der Waals surface area (Å²) in [5.41, 5.74) is 0.787. The molecule has 6 heteroatoms. The van der Waals surface area contributed by atoms with Crippen LogP contribution < -0.4 is 5.56 Å². The van der Waals surface area contributed by atoms with Gasteiger partial charge in [0.1, 0.15) is 0 Å². The third kappa shape index (κ3) is 3.86. The van der Waals surface area contributed by atoms with E-state index in [4.69, 9.17) is 0 Å². The minimum absolute atomic E-state index is 0.0785. The molecule has 3 rings (SSSR count). The molecule has 0 aliphatic carbocycles. The lowest BCUT2D eigenvalue weighted by atomic mass is 9.95. The SMILES string of the molecule is Cc1cncn(CC2CCN(CC3CCCC(=O)N3C)CC2)c1=O. The van der Waals surface area contributed by atoms with E-state index in [1.54, 1.807) is 17.1 Å². The Kier molecular flexibility index (Phi) is 5.33. The Balaban J connectivity index is 1.50. The van der Waals surface area contributed by atoms with Gasteiger partial charge in [-0.3, -0.25) is 14.2 Å². The number of nitrogens with zero attached hydrogens (tertiary/aromatic N) is 4. The normalized spacial score (nSPS) is 23.7. The Hall–Kier alpha value is -1.69. The molecule has 24 heavy (non-hydrogen) atoms. The van der Waals surface area contributed by atoms with Crippen molar-refractivity contribution in [3.8, 4) is 0 Å². The van der Waals surface area contributed by atoms with Crippen LogP contribution in [0.2, 0.25) is 0 Å². The molecule has 1 unspecified atom stereocenters. The molecule has 1 aromatic heterocycles. The summed E-state index contributed by atoms with van der Waals surface area (Å²) in [6.45, 7) is 5.68. The molecule has 0 bridgehead atoms. The molecular weight excluding hydrogens is 304 g/mol. The van der Waals surface area contributed by atoms with Gasteiger partial charge in [-0.05, 0) is 51.6 Å². The third-order valence-corrected chi connectivity index (χ3v) is 5.57. The number of carbonyl (C=O) groups excluding carboxylic acids is 1. The summed E-state index contributed by atoms with van der Waals surface area (Å²) in [4.78, 5) is 32.5. The van der Waals surface area contributed by atoms with E-state index >= 15 is 0 Å². The third-order valence-electron chi connectivity index (χ3n) is 5.57. The maximum absolute atomic E-state index is 12.1. The first-order valence-corrected chi connectivity index (χ1v) is 9.03. The van der Waals surface area contributed by atoms with Crippen molar-refractivity contribution in [3.05, 3.63) is 28.4 Å². The Labute approximate surface area is 143 Å². The quantitative estimate of drug-likeness (QED) is 0.833. The van der Waals surface area contributed by atoms with Crippen molar-refractivity contribution in [2.24, 2.45) is 5.92 Å². The predicted molar refractivity (Wildman–Crippen MR) is 92.8 cm³/mol. The molecule has 132 valence electrons. The molecular formula is C18H28N4O2. The summed E-state index contributed by atoms with van der Waals surface area (Å²) in [7, 11) is 1.94. The second-order valence-corrected chi connectivity index (χ2v) is 7.33. The van der Waals surface area contributed by atoms with Gasteiger partial charge in [-0.25, -0.2) is 4.98 Å². The molecule has 1 aromatic rings. The Morgan fingerprint density at radius 3 is 2.67 bits per heavy atom. The number of likely N-dealkylation sites (tertiary alicyclic amines) is 2. The smallest absolute Gasteiger partial charge is 0.256 e. The van der Waals surface area contributed by atoms with Crippen molar-refractivity contribution >= 4 is 5.91 Å². The number of aryl methyl sites for hydroxylation is 1. The molecule has 2 fully saturated rings. The number of amides is 1.